The highest BCUT2D eigenvalue weighted by Crippen LogP contribution is 2.29. The second kappa shape index (κ2) is 8.67. The second-order valence-corrected chi connectivity index (χ2v) is 7.21. The van der Waals surface area contributed by atoms with Gasteiger partial charge in [0.1, 0.15) is 18.1 Å². The largest absolute Gasteiger partial charge is 0.486 e. The highest BCUT2D eigenvalue weighted by molar-refractivity contribution is 5.92. The van der Waals surface area contributed by atoms with Gasteiger partial charge in [0.15, 0.2) is 5.76 Å². The van der Waals surface area contributed by atoms with Crippen LogP contribution in [0.3, 0.4) is 0 Å². The van der Waals surface area contributed by atoms with Crippen molar-refractivity contribution in [2.24, 2.45) is 5.73 Å². The van der Waals surface area contributed by atoms with Crippen molar-refractivity contribution < 1.29 is 13.9 Å². The van der Waals surface area contributed by atoms with E-state index in [1.54, 1.807) is 12.1 Å². The molecule has 28 heavy (non-hydrogen) atoms. The number of carbonyl (C=O) groups is 1. The number of hydrogen-bond acceptors (Lipinski definition) is 4. The van der Waals surface area contributed by atoms with E-state index in [2.05, 4.69) is 11.4 Å². The van der Waals surface area contributed by atoms with E-state index in [1.165, 1.54) is 5.39 Å². The van der Waals surface area contributed by atoms with E-state index in [9.17, 15) is 4.79 Å². The summed E-state index contributed by atoms with van der Waals surface area (Å²) in [5, 5.41) is 5.36. The van der Waals surface area contributed by atoms with Crippen LogP contribution in [0, 0.1) is 0 Å². The van der Waals surface area contributed by atoms with Crippen molar-refractivity contribution in [1.29, 1.82) is 0 Å². The summed E-state index contributed by atoms with van der Waals surface area (Å²) in [4.78, 5) is 12.5. The van der Waals surface area contributed by atoms with E-state index in [0.717, 1.165) is 36.8 Å². The first-order valence-corrected chi connectivity index (χ1v) is 9.40. The third-order valence-corrected chi connectivity index (χ3v) is 5.32. The number of hydrogen-bond donors (Lipinski definition) is 2. The Morgan fingerprint density at radius 1 is 1.07 bits per heavy atom. The van der Waals surface area contributed by atoms with E-state index in [-0.39, 0.29) is 30.5 Å². The van der Waals surface area contributed by atoms with Gasteiger partial charge in [0.2, 0.25) is 0 Å². The molecule has 6 heteroatoms. The van der Waals surface area contributed by atoms with E-state index < -0.39 is 0 Å². The van der Waals surface area contributed by atoms with Crippen molar-refractivity contribution >= 4 is 29.1 Å². The molecule has 1 aromatic heterocycles. The molecular formula is C22H25ClN2O3. The monoisotopic (exact) mass is 400 g/mol. The number of furan rings is 1. The van der Waals surface area contributed by atoms with Crippen molar-refractivity contribution in [1.82, 2.24) is 5.32 Å². The minimum absolute atomic E-state index is 0. The molecule has 0 saturated heterocycles. The fourth-order valence-corrected chi connectivity index (χ4v) is 3.72. The van der Waals surface area contributed by atoms with Gasteiger partial charge in [-0.2, -0.15) is 0 Å². The van der Waals surface area contributed by atoms with Gasteiger partial charge in [0.25, 0.3) is 5.91 Å². The molecule has 0 spiro atoms. The molecule has 1 fully saturated rings. The Morgan fingerprint density at radius 2 is 1.82 bits per heavy atom. The molecule has 3 N–H and O–H groups in total. The van der Waals surface area contributed by atoms with Gasteiger partial charge in [0.05, 0.1) is 5.54 Å². The summed E-state index contributed by atoms with van der Waals surface area (Å²) in [5.41, 5.74) is 5.60. The van der Waals surface area contributed by atoms with E-state index >= 15 is 0 Å². The Bertz CT molecular complexity index is 948. The van der Waals surface area contributed by atoms with Gasteiger partial charge in [-0.15, -0.1) is 12.4 Å². The van der Waals surface area contributed by atoms with Crippen LogP contribution in [0.5, 0.6) is 5.75 Å². The molecule has 1 saturated carbocycles. The third-order valence-electron chi connectivity index (χ3n) is 5.32. The van der Waals surface area contributed by atoms with Crippen LogP contribution < -0.4 is 15.8 Å². The fourth-order valence-electron chi connectivity index (χ4n) is 3.72. The minimum atomic E-state index is -0.286. The average Bonchev–Trinajstić information content (AvgIpc) is 3.36. The Balaban J connectivity index is 0.00000225. The Hall–Kier alpha value is -2.50. The SMILES string of the molecule is Cl.NCC1(NC(=O)c2ccc(COc3ccc4ccccc4c3)o2)CCCC1. The predicted octanol–water partition coefficient (Wildman–Crippen LogP) is 4.43. The molecule has 0 aliphatic heterocycles. The van der Waals surface area contributed by atoms with Gasteiger partial charge in [-0.05, 0) is 47.9 Å². The molecule has 148 valence electrons. The number of amides is 1. The summed E-state index contributed by atoms with van der Waals surface area (Å²) in [6, 6.07) is 17.6. The van der Waals surface area contributed by atoms with Crippen LogP contribution in [0.2, 0.25) is 0 Å². The first-order valence-electron chi connectivity index (χ1n) is 9.40. The van der Waals surface area contributed by atoms with Crippen LogP contribution in [-0.2, 0) is 6.61 Å². The number of fused-ring (bicyclic) bond motifs is 1. The van der Waals surface area contributed by atoms with Crippen molar-refractivity contribution in [3.63, 3.8) is 0 Å². The molecule has 1 aliphatic carbocycles. The number of nitrogens with one attached hydrogen (secondary N) is 1. The maximum Gasteiger partial charge on any atom is 0.287 e. The lowest BCUT2D eigenvalue weighted by Crippen LogP contribution is -2.51. The molecule has 0 unspecified atom stereocenters. The van der Waals surface area contributed by atoms with Crippen LogP contribution in [0.4, 0.5) is 0 Å². The predicted molar refractivity (Wildman–Crippen MR) is 112 cm³/mol. The van der Waals surface area contributed by atoms with E-state index in [4.69, 9.17) is 14.9 Å². The zero-order valence-electron chi connectivity index (χ0n) is 15.6. The molecule has 0 atom stereocenters. The molecule has 1 aliphatic rings. The van der Waals surface area contributed by atoms with Gasteiger partial charge in [0, 0.05) is 6.54 Å². The van der Waals surface area contributed by atoms with E-state index in [0.29, 0.717) is 18.1 Å². The average molecular weight is 401 g/mol. The molecule has 0 bridgehead atoms. The lowest BCUT2D eigenvalue weighted by molar-refractivity contribution is 0.0870. The molecule has 3 aromatic rings. The maximum atomic E-state index is 12.5. The maximum absolute atomic E-state index is 12.5. The summed E-state index contributed by atoms with van der Waals surface area (Å²) < 4.78 is 11.5. The van der Waals surface area contributed by atoms with Gasteiger partial charge < -0.3 is 20.2 Å². The standard InChI is InChI=1S/C22H24N2O3.ClH/c23-15-22(11-3-4-12-22)24-21(25)20-10-9-19(27-20)14-26-18-8-7-16-5-1-2-6-17(16)13-18;/h1-2,5-10,13H,3-4,11-12,14-15,23H2,(H,24,25);1H. The summed E-state index contributed by atoms with van der Waals surface area (Å²) in [7, 11) is 0. The Kier molecular flexibility index (Phi) is 6.27. The zero-order chi connectivity index (χ0) is 18.7. The number of nitrogens with two attached hydrogens (primary N) is 1. The highest BCUT2D eigenvalue weighted by Gasteiger charge is 2.34. The molecular weight excluding hydrogens is 376 g/mol. The summed E-state index contributed by atoms with van der Waals surface area (Å²) >= 11 is 0. The highest BCUT2D eigenvalue weighted by atomic mass is 35.5. The molecule has 1 heterocycles. The third kappa shape index (κ3) is 4.32. The van der Waals surface area contributed by atoms with Crippen LogP contribution in [0.1, 0.15) is 42.0 Å². The van der Waals surface area contributed by atoms with Crippen molar-refractivity contribution in [2.45, 2.75) is 37.8 Å². The number of rotatable bonds is 6. The van der Waals surface area contributed by atoms with Crippen molar-refractivity contribution in [3.8, 4) is 5.75 Å². The number of ether oxygens (including phenoxy) is 1. The van der Waals surface area contributed by atoms with Crippen LogP contribution in [0.15, 0.2) is 59.0 Å². The lowest BCUT2D eigenvalue weighted by atomic mass is 9.98. The zero-order valence-corrected chi connectivity index (χ0v) is 16.5. The molecule has 1 amide bonds. The van der Waals surface area contributed by atoms with Crippen LogP contribution in [-0.4, -0.2) is 18.0 Å². The number of carbonyl (C=O) groups excluding carboxylic acids is 1. The van der Waals surface area contributed by atoms with Gasteiger partial charge in [-0.25, -0.2) is 0 Å². The summed E-state index contributed by atoms with van der Waals surface area (Å²) in [6.45, 7) is 0.727. The lowest BCUT2D eigenvalue weighted by Gasteiger charge is -2.28. The Labute approximate surface area is 170 Å². The normalized spacial score (nSPS) is 15.2. The topological polar surface area (TPSA) is 77.5 Å². The second-order valence-electron chi connectivity index (χ2n) is 7.21. The van der Waals surface area contributed by atoms with Crippen molar-refractivity contribution in [2.75, 3.05) is 6.54 Å². The van der Waals surface area contributed by atoms with Crippen LogP contribution in [0.25, 0.3) is 10.8 Å². The van der Waals surface area contributed by atoms with Crippen molar-refractivity contribution in [3.05, 3.63) is 66.1 Å². The van der Waals surface area contributed by atoms with E-state index in [1.807, 2.05) is 36.4 Å². The molecule has 2 aromatic carbocycles. The molecule has 5 nitrogen and oxygen atoms in total. The smallest absolute Gasteiger partial charge is 0.287 e. The number of halogens is 1. The summed E-state index contributed by atoms with van der Waals surface area (Å²) in [6.07, 6.45) is 4.04. The number of benzene rings is 2. The molecule has 0 radical (unpaired) electrons. The van der Waals surface area contributed by atoms with Gasteiger partial charge in [-0.1, -0.05) is 43.2 Å². The van der Waals surface area contributed by atoms with Gasteiger partial charge >= 0.3 is 0 Å². The minimum Gasteiger partial charge on any atom is -0.486 e. The van der Waals surface area contributed by atoms with Crippen LogP contribution >= 0.6 is 12.4 Å². The molecule has 4 rings (SSSR count). The Morgan fingerprint density at radius 3 is 2.57 bits per heavy atom. The quantitative estimate of drug-likeness (QED) is 0.641. The fraction of sp³-hybridized carbons (Fsp3) is 0.318. The summed E-state index contributed by atoms with van der Waals surface area (Å²) in [5.74, 6) is 1.47. The first-order chi connectivity index (χ1) is 13.2. The first kappa shape index (κ1) is 20.2. The van der Waals surface area contributed by atoms with Gasteiger partial charge in [-0.3, -0.25) is 4.79 Å².